The van der Waals surface area contributed by atoms with Crippen LogP contribution in [0.4, 0.5) is 5.69 Å². The van der Waals surface area contributed by atoms with Gasteiger partial charge in [0.1, 0.15) is 5.82 Å². The second-order valence-corrected chi connectivity index (χ2v) is 8.53. The van der Waals surface area contributed by atoms with E-state index in [1.165, 1.54) is 25.1 Å². The number of esters is 1. The molecule has 1 atom stereocenters. The number of carbonyl (C=O) groups is 2. The Hall–Kier alpha value is -2.90. The fourth-order valence-electron chi connectivity index (χ4n) is 3.65. The van der Waals surface area contributed by atoms with Crippen LogP contribution < -0.4 is 10.9 Å². The molecule has 2 aromatic carbocycles. The standard InChI is InChI=1S/C23H21Cl2N3O4/c1-13(21(29)27-18-9-7-15(24)12-17(18)25)32-23(31)14-6-8-16-19(11-14)26-20-5-3-2-4-10-28(20)22(16)30/h6-9,11-13H,2-5,10H2,1H3,(H,27,29). The minimum atomic E-state index is -1.07. The number of halogens is 2. The fourth-order valence-corrected chi connectivity index (χ4v) is 4.11. The normalized spacial score (nSPS) is 14.3. The van der Waals surface area contributed by atoms with Gasteiger partial charge < -0.3 is 10.1 Å². The van der Waals surface area contributed by atoms with E-state index in [-0.39, 0.29) is 16.1 Å². The molecule has 1 amide bonds. The third kappa shape index (κ3) is 4.64. The van der Waals surface area contributed by atoms with Gasteiger partial charge in [0.15, 0.2) is 6.10 Å². The summed E-state index contributed by atoms with van der Waals surface area (Å²) in [4.78, 5) is 42.5. The highest BCUT2D eigenvalue weighted by Gasteiger charge is 2.21. The molecule has 1 aliphatic heterocycles. The minimum absolute atomic E-state index is 0.0978. The number of hydrogen-bond donors (Lipinski definition) is 1. The van der Waals surface area contributed by atoms with Crippen LogP contribution in [0.2, 0.25) is 10.0 Å². The largest absolute Gasteiger partial charge is 0.449 e. The number of ether oxygens (including phenoxy) is 1. The van der Waals surface area contributed by atoms with E-state index < -0.39 is 18.0 Å². The maximum atomic E-state index is 12.8. The molecule has 0 aliphatic carbocycles. The van der Waals surface area contributed by atoms with Crippen molar-refractivity contribution in [2.24, 2.45) is 0 Å². The first kappa shape index (κ1) is 22.3. The van der Waals surface area contributed by atoms with Crippen molar-refractivity contribution in [3.8, 4) is 0 Å². The van der Waals surface area contributed by atoms with Gasteiger partial charge in [-0.3, -0.25) is 14.2 Å². The highest BCUT2D eigenvalue weighted by molar-refractivity contribution is 6.36. The van der Waals surface area contributed by atoms with Crippen molar-refractivity contribution < 1.29 is 14.3 Å². The molecule has 0 radical (unpaired) electrons. The van der Waals surface area contributed by atoms with Crippen molar-refractivity contribution in [1.29, 1.82) is 0 Å². The topological polar surface area (TPSA) is 90.3 Å². The smallest absolute Gasteiger partial charge is 0.338 e. The lowest BCUT2D eigenvalue weighted by Crippen LogP contribution is -2.30. The zero-order valence-electron chi connectivity index (χ0n) is 17.4. The van der Waals surface area contributed by atoms with Gasteiger partial charge in [-0.15, -0.1) is 0 Å². The number of fused-ring (bicyclic) bond motifs is 2. The van der Waals surface area contributed by atoms with Crippen LogP contribution in [0.5, 0.6) is 0 Å². The molecule has 0 fully saturated rings. The van der Waals surface area contributed by atoms with Crippen molar-refractivity contribution in [2.75, 3.05) is 5.32 Å². The van der Waals surface area contributed by atoms with E-state index in [2.05, 4.69) is 10.3 Å². The van der Waals surface area contributed by atoms with E-state index in [0.717, 1.165) is 31.5 Å². The molecule has 0 bridgehead atoms. The molecule has 1 N–H and O–H groups in total. The molecule has 9 heteroatoms. The summed E-state index contributed by atoms with van der Waals surface area (Å²) in [6, 6.07) is 9.28. The zero-order valence-corrected chi connectivity index (χ0v) is 18.9. The van der Waals surface area contributed by atoms with Gasteiger partial charge in [-0.1, -0.05) is 29.6 Å². The van der Waals surface area contributed by atoms with E-state index >= 15 is 0 Å². The SMILES string of the molecule is CC(OC(=O)c1ccc2c(=O)n3c(nc2c1)CCCCC3)C(=O)Nc1ccc(Cl)cc1Cl. The molecule has 0 spiro atoms. The quantitative estimate of drug-likeness (QED) is 0.558. The zero-order chi connectivity index (χ0) is 22.8. The van der Waals surface area contributed by atoms with Crippen LogP contribution in [0.3, 0.4) is 0 Å². The lowest BCUT2D eigenvalue weighted by molar-refractivity contribution is -0.123. The number of benzene rings is 2. The summed E-state index contributed by atoms with van der Waals surface area (Å²) in [6.07, 6.45) is 2.63. The predicted molar refractivity (Wildman–Crippen MR) is 124 cm³/mol. The number of hydrogen-bond acceptors (Lipinski definition) is 5. The van der Waals surface area contributed by atoms with Crippen LogP contribution in [-0.4, -0.2) is 27.5 Å². The van der Waals surface area contributed by atoms with Gasteiger partial charge in [0, 0.05) is 18.0 Å². The highest BCUT2D eigenvalue weighted by atomic mass is 35.5. The first-order valence-corrected chi connectivity index (χ1v) is 11.1. The second kappa shape index (κ2) is 9.30. The van der Waals surface area contributed by atoms with Gasteiger partial charge in [0.05, 0.1) is 27.2 Å². The molecule has 0 saturated carbocycles. The average molecular weight is 474 g/mol. The van der Waals surface area contributed by atoms with E-state index in [1.807, 2.05) is 0 Å². The molecule has 3 aromatic rings. The Morgan fingerprint density at radius 1 is 1.12 bits per heavy atom. The van der Waals surface area contributed by atoms with Crippen molar-refractivity contribution in [3.05, 3.63) is 68.2 Å². The van der Waals surface area contributed by atoms with Gasteiger partial charge in [0.25, 0.3) is 11.5 Å². The van der Waals surface area contributed by atoms with Crippen LogP contribution in [-0.2, 0) is 22.5 Å². The third-order valence-corrected chi connectivity index (χ3v) is 5.94. The number of nitrogens with zero attached hydrogens (tertiary/aromatic N) is 2. The Kier molecular flexibility index (Phi) is 6.48. The number of rotatable bonds is 4. The first-order chi connectivity index (χ1) is 15.3. The second-order valence-electron chi connectivity index (χ2n) is 7.69. The molecule has 7 nitrogen and oxygen atoms in total. The fraction of sp³-hybridized carbons (Fsp3) is 0.304. The van der Waals surface area contributed by atoms with Crippen LogP contribution in [0.25, 0.3) is 10.9 Å². The van der Waals surface area contributed by atoms with Gasteiger partial charge in [-0.05, 0) is 56.2 Å². The number of carbonyl (C=O) groups excluding carboxylic acids is 2. The molecule has 2 heterocycles. The summed E-state index contributed by atoms with van der Waals surface area (Å²) < 4.78 is 7.04. The van der Waals surface area contributed by atoms with E-state index in [1.54, 1.807) is 22.8 Å². The molecule has 0 saturated heterocycles. The van der Waals surface area contributed by atoms with Crippen LogP contribution in [0, 0.1) is 0 Å². The molecule has 1 aromatic heterocycles. The van der Waals surface area contributed by atoms with Crippen LogP contribution in [0.1, 0.15) is 42.4 Å². The molecule has 4 rings (SSSR count). The average Bonchev–Trinajstić information content (AvgIpc) is 3.01. The van der Waals surface area contributed by atoms with Crippen LogP contribution >= 0.6 is 23.2 Å². The Balaban J connectivity index is 1.51. The van der Waals surface area contributed by atoms with Crippen molar-refractivity contribution in [2.45, 2.75) is 45.3 Å². The monoisotopic (exact) mass is 473 g/mol. The van der Waals surface area contributed by atoms with Crippen molar-refractivity contribution in [3.63, 3.8) is 0 Å². The van der Waals surface area contributed by atoms with Gasteiger partial charge >= 0.3 is 5.97 Å². The maximum Gasteiger partial charge on any atom is 0.338 e. The molecule has 166 valence electrons. The van der Waals surface area contributed by atoms with Gasteiger partial charge in [-0.2, -0.15) is 0 Å². The summed E-state index contributed by atoms with van der Waals surface area (Å²) >= 11 is 11.9. The maximum absolute atomic E-state index is 12.8. The molecule has 1 unspecified atom stereocenters. The molecular formula is C23H21Cl2N3O4. The van der Waals surface area contributed by atoms with E-state index in [4.69, 9.17) is 27.9 Å². The number of aromatic nitrogens is 2. The molecule has 32 heavy (non-hydrogen) atoms. The van der Waals surface area contributed by atoms with E-state index in [9.17, 15) is 14.4 Å². The Morgan fingerprint density at radius 2 is 1.94 bits per heavy atom. The lowest BCUT2D eigenvalue weighted by Gasteiger charge is -2.15. The Bertz CT molecular complexity index is 1270. The van der Waals surface area contributed by atoms with Crippen molar-refractivity contribution >= 4 is 51.7 Å². The summed E-state index contributed by atoms with van der Waals surface area (Å²) in [6.45, 7) is 2.12. The van der Waals surface area contributed by atoms with Crippen LogP contribution in [0.15, 0.2) is 41.2 Å². The third-order valence-electron chi connectivity index (χ3n) is 5.39. The summed E-state index contributed by atoms with van der Waals surface area (Å²) in [7, 11) is 0. The number of nitrogens with one attached hydrogen (secondary N) is 1. The minimum Gasteiger partial charge on any atom is -0.449 e. The molecular weight excluding hydrogens is 453 g/mol. The number of aryl methyl sites for hydroxylation is 1. The van der Waals surface area contributed by atoms with E-state index in [0.29, 0.717) is 28.2 Å². The summed E-state index contributed by atoms with van der Waals surface area (Å²) in [5.41, 5.74) is 0.925. The van der Waals surface area contributed by atoms with Gasteiger partial charge in [-0.25, -0.2) is 9.78 Å². The lowest BCUT2D eigenvalue weighted by atomic mass is 10.1. The number of anilines is 1. The predicted octanol–water partition coefficient (Wildman–Crippen LogP) is 4.61. The molecule has 1 aliphatic rings. The summed E-state index contributed by atoms with van der Waals surface area (Å²) in [5.74, 6) is -0.489. The Morgan fingerprint density at radius 3 is 2.72 bits per heavy atom. The van der Waals surface area contributed by atoms with Crippen molar-refractivity contribution in [1.82, 2.24) is 9.55 Å². The van der Waals surface area contributed by atoms with Gasteiger partial charge in [0.2, 0.25) is 0 Å². The highest BCUT2D eigenvalue weighted by Crippen LogP contribution is 2.25. The Labute approximate surface area is 194 Å². The summed E-state index contributed by atoms with van der Waals surface area (Å²) in [5, 5.41) is 3.77. The number of amides is 1. The first-order valence-electron chi connectivity index (χ1n) is 10.3.